The van der Waals surface area contributed by atoms with Gasteiger partial charge < -0.3 is 10.6 Å². The Morgan fingerprint density at radius 1 is 1.32 bits per heavy atom. The van der Waals surface area contributed by atoms with Crippen LogP contribution >= 0.6 is 11.6 Å². The molecular formula is C15H21ClN2O. The lowest BCUT2D eigenvalue weighted by molar-refractivity contribution is 0.0668. The zero-order valence-corrected chi connectivity index (χ0v) is 12.3. The van der Waals surface area contributed by atoms with Crippen molar-refractivity contribution in [3.05, 3.63) is 28.8 Å². The number of anilines is 1. The molecule has 1 aliphatic rings. The number of nitrogens with two attached hydrogens (primary N) is 1. The van der Waals surface area contributed by atoms with E-state index < -0.39 is 0 Å². The van der Waals surface area contributed by atoms with E-state index in [2.05, 4.69) is 13.8 Å². The minimum Gasteiger partial charge on any atom is -0.399 e. The first-order valence-corrected chi connectivity index (χ1v) is 7.20. The Labute approximate surface area is 119 Å². The number of nitrogen functional groups attached to an aromatic ring is 1. The van der Waals surface area contributed by atoms with Gasteiger partial charge in [-0.1, -0.05) is 25.4 Å². The standard InChI is InChI=1S/C15H21ClN2O/c1-10(2)11-3-5-18(6-4-11)15(19)12-7-13(16)9-14(17)8-12/h7-11H,3-6,17H2,1-2H3. The van der Waals surface area contributed by atoms with Crippen molar-refractivity contribution in [2.45, 2.75) is 26.7 Å². The van der Waals surface area contributed by atoms with E-state index >= 15 is 0 Å². The van der Waals surface area contributed by atoms with Crippen LogP contribution in [0, 0.1) is 11.8 Å². The molecule has 0 saturated carbocycles. The minimum absolute atomic E-state index is 0.0383. The first kappa shape index (κ1) is 14.2. The fourth-order valence-corrected chi connectivity index (χ4v) is 2.93. The van der Waals surface area contributed by atoms with Crippen LogP contribution in [0.25, 0.3) is 0 Å². The van der Waals surface area contributed by atoms with Gasteiger partial charge in [0.2, 0.25) is 0 Å². The molecule has 2 rings (SSSR count). The number of amides is 1. The normalized spacial score (nSPS) is 16.9. The van der Waals surface area contributed by atoms with Crippen LogP contribution in [-0.2, 0) is 0 Å². The summed E-state index contributed by atoms with van der Waals surface area (Å²) in [6.45, 7) is 6.15. The number of carbonyl (C=O) groups is 1. The SMILES string of the molecule is CC(C)C1CCN(C(=O)c2cc(N)cc(Cl)c2)CC1. The van der Waals surface area contributed by atoms with E-state index in [1.54, 1.807) is 18.2 Å². The van der Waals surface area contributed by atoms with Crippen molar-refractivity contribution < 1.29 is 4.79 Å². The maximum Gasteiger partial charge on any atom is 0.253 e. The van der Waals surface area contributed by atoms with Crippen molar-refractivity contribution in [1.29, 1.82) is 0 Å². The van der Waals surface area contributed by atoms with Gasteiger partial charge in [0.15, 0.2) is 0 Å². The number of rotatable bonds is 2. The predicted octanol–water partition coefficient (Wildman–Crippen LogP) is 3.43. The van der Waals surface area contributed by atoms with Gasteiger partial charge in [-0.2, -0.15) is 0 Å². The average Bonchev–Trinajstić information content (AvgIpc) is 2.37. The molecule has 0 aromatic heterocycles. The summed E-state index contributed by atoms with van der Waals surface area (Å²) < 4.78 is 0. The largest absolute Gasteiger partial charge is 0.399 e. The number of hydrogen-bond acceptors (Lipinski definition) is 2. The van der Waals surface area contributed by atoms with Crippen molar-refractivity contribution in [2.24, 2.45) is 11.8 Å². The summed E-state index contributed by atoms with van der Waals surface area (Å²) >= 11 is 5.95. The second-order valence-electron chi connectivity index (χ2n) is 5.65. The van der Waals surface area contributed by atoms with E-state index in [4.69, 9.17) is 17.3 Å². The van der Waals surface area contributed by atoms with Crippen LogP contribution in [0.1, 0.15) is 37.0 Å². The first-order chi connectivity index (χ1) is 8.97. The summed E-state index contributed by atoms with van der Waals surface area (Å²) in [6, 6.07) is 5.04. The Morgan fingerprint density at radius 3 is 2.47 bits per heavy atom. The van der Waals surface area contributed by atoms with Gasteiger partial charge in [-0.15, -0.1) is 0 Å². The zero-order valence-electron chi connectivity index (χ0n) is 11.5. The number of piperidine rings is 1. The van der Waals surface area contributed by atoms with Gasteiger partial charge in [-0.3, -0.25) is 4.79 Å². The molecule has 1 aromatic carbocycles. The molecule has 0 bridgehead atoms. The molecule has 0 atom stereocenters. The Balaban J connectivity index is 2.05. The summed E-state index contributed by atoms with van der Waals surface area (Å²) in [4.78, 5) is 14.3. The van der Waals surface area contributed by atoms with Crippen molar-refractivity contribution in [3.63, 3.8) is 0 Å². The molecule has 0 radical (unpaired) electrons. The third-order valence-electron chi connectivity index (χ3n) is 3.94. The van der Waals surface area contributed by atoms with E-state index in [-0.39, 0.29) is 5.91 Å². The average molecular weight is 281 g/mol. The highest BCUT2D eigenvalue weighted by Crippen LogP contribution is 2.26. The highest BCUT2D eigenvalue weighted by atomic mass is 35.5. The van der Waals surface area contributed by atoms with Crippen molar-refractivity contribution in [3.8, 4) is 0 Å². The summed E-state index contributed by atoms with van der Waals surface area (Å²) in [6.07, 6.45) is 2.17. The molecule has 0 spiro atoms. The van der Waals surface area contributed by atoms with Crippen molar-refractivity contribution in [2.75, 3.05) is 18.8 Å². The monoisotopic (exact) mass is 280 g/mol. The molecule has 1 saturated heterocycles. The summed E-state index contributed by atoms with van der Waals surface area (Å²) in [5.41, 5.74) is 6.86. The van der Waals surface area contributed by atoms with Crippen molar-refractivity contribution in [1.82, 2.24) is 4.90 Å². The van der Waals surface area contributed by atoms with Gasteiger partial charge in [0.05, 0.1) is 0 Å². The third-order valence-corrected chi connectivity index (χ3v) is 4.15. The first-order valence-electron chi connectivity index (χ1n) is 6.82. The van der Waals surface area contributed by atoms with E-state index in [1.807, 2.05) is 4.90 Å². The van der Waals surface area contributed by atoms with Crippen LogP contribution in [0.2, 0.25) is 5.02 Å². The molecule has 4 heteroatoms. The molecule has 1 aliphatic heterocycles. The van der Waals surface area contributed by atoms with E-state index in [9.17, 15) is 4.79 Å². The number of carbonyl (C=O) groups excluding carboxylic acids is 1. The molecule has 1 aromatic rings. The van der Waals surface area contributed by atoms with Gasteiger partial charge in [-0.25, -0.2) is 0 Å². The Hall–Kier alpha value is -1.22. The second-order valence-corrected chi connectivity index (χ2v) is 6.08. The molecule has 2 N–H and O–H groups in total. The number of nitrogens with zero attached hydrogens (tertiary/aromatic N) is 1. The quantitative estimate of drug-likeness (QED) is 0.844. The van der Waals surface area contributed by atoms with Gasteiger partial charge >= 0.3 is 0 Å². The fraction of sp³-hybridized carbons (Fsp3) is 0.533. The lowest BCUT2D eigenvalue weighted by atomic mass is 9.86. The van der Waals surface area contributed by atoms with Crippen LogP contribution < -0.4 is 5.73 Å². The molecule has 104 valence electrons. The molecule has 0 aliphatic carbocycles. The molecule has 1 fully saturated rings. The molecule has 19 heavy (non-hydrogen) atoms. The maximum atomic E-state index is 12.4. The van der Waals surface area contributed by atoms with Crippen LogP contribution in [0.5, 0.6) is 0 Å². The third kappa shape index (κ3) is 3.41. The van der Waals surface area contributed by atoms with Crippen LogP contribution in [0.3, 0.4) is 0 Å². The fourth-order valence-electron chi connectivity index (χ4n) is 2.69. The molecular weight excluding hydrogens is 260 g/mol. The number of benzene rings is 1. The zero-order chi connectivity index (χ0) is 14.0. The van der Waals surface area contributed by atoms with E-state index in [0.717, 1.165) is 31.8 Å². The van der Waals surface area contributed by atoms with Crippen LogP contribution in [0.4, 0.5) is 5.69 Å². The highest BCUT2D eigenvalue weighted by molar-refractivity contribution is 6.31. The Bertz CT molecular complexity index is 445. The van der Waals surface area contributed by atoms with Crippen LogP contribution in [0.15, 0.2) is 18.2 Å². The molecule has 3 nitrogen and oxygen atoms in total. The van der Waals surface area contributed by atoms with Gasteiger partial charge in [-0.05, 0) is 42.9 Å². The lowest BCUT2D eigenvalue weighted by Gasteiger charge is -2.34. The number of likely N-dealkylation sites (tertiary alicyclic amines) is 1. The molecule has 1 heterocycles. The topological polar surface area (TPSA) is 46.3 Å². The number of hydrogen-bond donors (Lipinski definition) is 1. The summed E-state index contributed by atoms with van der Waals surface area (Å²) in [7, 11) is 0. The van der Waals surface area contributed by atoms with E-state index in [0.29, 0.717) is 22.2 Å². The highest BCUT2D eigenvalue weighted by Gasteiger charge is 2.25. The maximum absolute atomic E-state index is 12.4. The summed E-state index contributed by atoms with van der Waals surface area (Å²) in [5.74, 6) is 1.46. The second kappa shape index (κ2) is 5.83. The van der Waals surface area contributed by atoms with E-state index in [1.165, 1.54) is 0 Å². The molecule has 1 amide bonds. The predicted molar refractivity (Wildman–Crippen MR) is 79.3 cm³/mol. The lowest BCUT2D eigenvalue weighted by Crippen LogP contribution is -2.39. The minimum atomic E-state index is 0.0383. The van der Waals surface area contributed by atoms with Gasteiger partial charge in [0.25, 0.3) is 5.91 Å². The smallest absolute Gasteiger partial charge is 0.253 e. The van der Waals surface area contributed by atoms with Gasteiger partial charge in [0, 0.05) is 29.4 Å². The Kier molecular flexibility index (Phi) is 4.35. The Morgan fingerprint density at radius 2 is 1.95 bits per heavy atom. The summed E-state index contributed by atoms with van der Waals surface area (Å²) in [5, 5.41) is 0.514. The van der Waals surface area contributed by atoms with Crippen LogP contribution in [-0.4, -0.2) is 23.9 Å². The molecule has 0 unspecified atom stereocenters. The number of halogens is 1. The van der Waals surface area contributed by atoms with Gasteiger partial charge in [0.1, 0.15) is 0 Å². The van der Waals surface area contributed by atoms with Crippen molar-refractivity contribution >= 4 is 23.2 Å².